The van der Waals surface area contributed by atoms with Gasteiger partial charge in [-0.15, -0.1) is 0 Å². The fourth-order valence-electron chi connectivity index (χ4n) is 3.42. The number of likely N-dealkylation sites (tertiary alicyclic amines) is 1. The Morgan fingerprint density at radius 1 is 1.28 bits per heavy atom. The Morgan fingerprint density at radius 2 is 2.08 bits per heavy atom. The van der Waals surface area contributed by atoms with Gasteiger partial charge >= 0.3 is 0 Å². The van der Waals surface area contributed by atoms with Gasteiger partial charge in [0.05, 0.1) is 0 Å². The quantitative estimate of drug-likeness (QED) is 0.781. The first-order valence-electron chi connectivity index (χ1n) is 8.85. The van der Waals surface area contributed by atoms with E-state index in [1.54, 1.807) is 31.3 Å². The average molecular weight is 346 g/mol. The largest absolute Gasteiger partial charge is 0.484 e. The fourth-order valence-corrected chi connectivity index (χ4v) is 3.42. The van der Waals surface area contributed by atoms with E-state index in [0.29, 0.717) is 17.4 Å². The van der Waals surface area contributed by atoms with Crippen LogP contribution in [0.2, 0.25) is 0 Å². The maximum atomic E-state index is 12.4. The van der Waals surface area contributed by atoms with Crippen LogP contribution in [0.3, 0.4) is 0 Å². The molecule has 2 saturated heterocycles. The van der Waals surface area contributed by atoms with E-state index in [0.717, 1.165) is 45.7 Å². The van der Waals surface area contributed by atoms with Crippen molar-refractivity contribution in [2.45, 2.75) is 12.5 Å². The van der Waals surface area contributed by atoms with E-state index >= 15 is 0 Å². The smallest absolute Gasteiger partial charge is 0.260 e. The van der Waals surface area contributed by atoms with Crippen molar-refractivity contribution in [3.8, 4) is 5.75 Å². The summed E-state index contributed by atoms with van der Waals surface area (Å²) in [4.78, 5) is 28.4. The SMILES string of the molecule is CNC(=O)c1cccc(OCC(=O)N2CCC(N3CCNCC3)C2)c1. The van der Waals surface area contributed by atoms with Crippen LogP contribution in [0.4, 0.5) is 0 Å². The van der Waals surface area contributed by atoms with Crippen LogP contribution in [0.1, 0.15) is 16.8 Å². The molecular weight excluding hydrogens is 320 g/mol. The molecule has 1 atom stereocenters. The number of benzene rings is 1. The summed E-state index contributed by atoms with van der Waals surface area (Å²) in [6.07, 6.45) is 1.03. The van der Waals surface area contributed by atoms with Crippen molar-refractivity contribution >= 4 is 11.8 Å². The molecule has 2 aliphatic rings. The zero-order valence-corrected chi connectivity index (χ0v) is 14.7. The van der Waals surface area contributed by atoms with Crippen LogP contribution in [-0.2, 0) is 4.79 Å². The Bertz CT molecular complexity index is 616. The zero-order valence-electron chi connectivity index (χ0n) is 14.7. The Labute approximate surface area is 148 Å². The zero-order chi connectivity index (χ0) is 17.6. The lowest BCUT2D eigenvalue weighted by molar-refractivity contribution is -0.132. The summed E-state index contributed by atoms with van der Waals surface area (Å²) < 4.78 is 5.60. The van der Waals surface area contributed by atoms with Crippen molar-refractivity contribution in [3.63, 3.8) is 0 Å². The number of rotatable bonds is 5. The van der Waals surface area contributed by atoms with Crippen molar-refractivity contribution in [1.82, 2.24) is 20.4 Å². The van der Waals surface area contributed by atoms with Crippen LogP contribution in [0, 0.1) is 0 Å². The highest BCUT2D eigenvalue weighted by Gasteiger charge is 2.30. The molecule has 25 heavy (non-hydrogen) atoms. The third-order valence-electron chi connectivity index (χ3n) is 4.87. The first kappa shape index (κ1) is 17.7. The van der Waals surface area contributed by atoms with E-state index in [2.05, 4.69) is 15.5 Å². The molecule has 0 aromatic heterocycles. The maximum Gasteiger partial charge on any atom is 0.260 e. The fraction of sp³-hybridized carbons (Fsp3) is 0.556. The Morgan fingerprint density at radius 3 is 2.84 bits per heavy atom. The van der Waals surface area contributed by atoms with E-state index in [-0.39, 0.29) is 18.4 Å². The molecule has 0 bridgehead atoms. The number of nitrogens with one attached hydrogen (secondary N) is 2. The summed E-state index contributed by atoms with van der Waals surface area (Å²) in [5.41, 5.74) is 0.521. The van der Waals surface area contributed by atoms with Gasteiger partial charge in [0.1, 0.15) is 5.75 Å². The number of hydrogen-bond donors (Lipinski definition) is 2. The summed E-state index contributed by atoms with van der Waals surface area (Å²) in [6, 6.07) is 7.34. The Hall–Kier alpha value is -2.12. The van der Waals surface area contributed by atoms with Crippen molar-refractivity contribution in [2.24, 2.45) is 0 Å². The lowest BCUT2D eigenvalue weighted by atomic mass is 10.2. The normalized spacial score (nSPS) is 21.2. The number of carbonyl (C=O) groups excluding carboxylic acids is 2. The van der Waals surface area contributed by atoms with Crippen LogP contribution in [0.5, 0.6) is 5.75 Å². The van der Waals surface area contributed by atoms with Gasteiger partial charge in [0.25, 0.3) is 11.8 Å². The van der Waals surface area contributed by atoms with Gasteiger partial charge in [-0.05, 0) is 24.6 Å². The van der Waals surface area contributed by atoms with Crippen molar-refractivity contribution < 1.29 is 14.3 Å². The van der Waals surface area contributed by atoms with Gasteiger partial charge < -0.3 is 20.3 Å². The minimum Gasteiger partial charge on any atom is -0.484 e. The van der Waals surface area contributed by atoms with Crippen LogP contribution in [-0.4, -0.2) is 80.6 Å². The number of carbonyl (C=O) groups is 2. The maximum absolute atomic E-state index is 12.4. The number of nitrogens with zero attached hydrogens (tertiary/aromatic N) is 2. The highest BCUT2D eigenvalue weighted by Crippen LogP contribution is 2.17. The van der Waals surface area contributed by atoms with E-state index in [4.69, 9.17) is 4.74 Å². The van der Waals surface area contributed by atoms with Crippen LogP contribution >= 0.6 is 0 Å². The van der Waals surface area contributed by atoms with Gasteiger partial charge in [-0.2, -0.15) is 0 Å². The summed E-state index contributed by atoms with van der Waals surface area (Å²) in [6.45, 7) is 5.72. The van der Waals surface area contributed by atoms with E-state index in [1.807, 2.05) is 4.90 Å². The van der Waals surface area contributed by atoms with Crippen LogP contribution in [0.25, 0.3) is 0 Å². The number of amides is 2. The summed E-state index contributed by atoms with van der Waals surface area (Å²) in [5, 5.41) is 5.93. The van der Waals surface area contributed by atoms with Gasteiger partial charge in [0.2, 0.25) is 0 Å². The molecule has 7 heteroatoms. The molecule has 0 saturated carbocycles. The van der Waals surface area contributed by atoms with E-state index in [9.17, 15) is 9.59 Å². The molecule has 2 heterocycles. The second kappa shape index (κ2) is 8.31. The average Bonchev–Trinajstić information content (AvgIpc) is 3.17. The minimum absolute atomic E-state index is 0.00276. The third-order valence-corrected chi connectivity index (χ3v) is 4.87. The summed E-state index contributed by atoms with van der Waals surface area (Å²) >= 11 is 0. The molecule has 1 aromatic carbocycles. The Kier molecular flexibility index (Phi) is 5.88. The lowest BCUT2D eigenvalue weighted by Gasteiger charge is -2.32. The minimum atomic E-state index is -0.171. The first-order chi connectivity index (χ1) is 12.2. The van der Waals surface area contributed by atoms with Gasteiger partial charge in [0, 0.05) is 57.9 Å². The van der Waals surface area contributed by atoms with Crippen LogP contribution < -0.4 is 15.4 Å². The molecule has 2 amide bonds. The molecule has 0 spiro atoms. The number of hydrogen-bond acceptors (Lipinski definition) is 5. The second-order valence-corrected chi connectivity index (χ2v) is 6.46. The van der Waals surface area contributed by atoms with Gasteiger partial charge in [-0.1, -0.05) is 6.07 Å². The van der Waals surface area contributed by atoms with Crippen molar-refractivity contribution in [2.75, 3.05) is 52.9 Å². The molecule has 1 unspecified atom stereocenters. The number of piperazine rings is 1. The van der Waals surface area contributed by atoms with Gasteiger partial charge in [-0.3, -0.25) is 14.5 Å². The molecule has 2 N–H and O–H groups in total. The van der Waals surface area contributed by atoms with Crippen molar-refractivity contribution in [3.05, 3.63) is 29.8 Å². The highest BCUT2D eigenvalue weighted by atomic mass is 16.5. The third kappa shape index (κ3) is 4.49. The standard InChI is InChI=1S/C18H26N4O3/c1-19-18(24)14-3-2-4-16(11-14)25-13-17(23)22-8-5-15(12-22)21-9-6-20-7-10-21/h2-4,11,15,20H,5-10,12-13H2,1H3,(H,19,24). The highest BCUT2D eigenvalue weighted by molar-refractivity contribution is 5.94. The van der Waals surface area contributed by atoms with E-state index < -0.39 is 0 Å². The van der Waals surface area contributed by atoms with Crippen LogP contribution in [0.15, 0.2) is 24.3 Å². The predicted molar refractivity (Wildman–Crippen MR) is 94.8 cm³/mol. The summed E-state index contributed by atoms with van der Waals surface area (Å²) in [5.74, 6) is 0.366. The predicted octanol–water partition coefficient (Wildman–Crippen LogP) is -0.0689. The topological polar surface area (TPSA) is 73.9 Å². The molecule has 2 aliphatic heterocycles. The molecule has 3 rings (SSSR count). The molecular formula is C18H26N4O3. The Balaban J connectivity index is 1.49. The summed E-state index contributed by atoms with van der Waals surface area (Å²) in [7, 11) is 1.58. The lowest BCUT2D eigenvalue weighted by Crippen LogP contribution is -2.49. The molecule has 2 fully saturated rings. The molecule has 0 aliphatic carbocycles. The van der Waals surface area contributed by atoms with Gasteiger partial charge in [-0.25, -0.2) is 0 Å². The van der Waals surface area contributed by atoms with E-state index in [1.165, 1.54) is 0 Å². The molecule has 1 aromatic rings. The van der Waals surface area contributed by atoms with Crippen molar-refractivity contribution in [1.29, 1.82) is 0 Å². The molecule has 0 radical (unpaired) electrons. The van der Waals surface area contributed by atoms with Gasteiger partial charge in [0.15, 0.2) is 6.61 Å². The molecule has 7 nitrogen and oxygen atoms in total. The number of ether oxygens (including phenoxy) is 1. The first-order valence-corrected chi connectivity index (χ1v) is 8.85. The monoisotopic (exact) mass is 346 g/mol. The second-order valence-electron chi connectivity index (χ2n) is 6.46. The molecule has 136 valence electrons.